The molecular weight excluding hydrogens is 210 g/mol. The largest absolute Gasteiger partial charge is 0.396 e. The lowest BCUT2D eigenvalue weighted by atomic mass is 10.0. The van der Waals surface area contributed by atoms with Crippen molar-refractivity contribution in [1.82, 2.24) is 4.90 Å². The van der Waals surface area contributed by atoms with Crippen molar-refractivity contribution in [3.8, 4) is 0 Å². The van der Waals surface area contributed by atoms with Gasteiger partial charge in [0.25, 0.3) is 0 Å². The Hall–Kier alpha value is -0.570. The van der Waals surface area contributed by atoms with Gasteiger partial charge in [-0.1, -0.05) is 29.8 Å². The van der Waals surface area contributed by atoms with Gasteiger partial charge in [-0.25, -0.2) is 0 Å². The lowest BCUT2D eigenvalue weighted by Gasteiger charge is -2.20. The fourth-order valence-electron chi connectivity index (χ4n) is 2.35. The molecule has 1 aromatic rings. The Balaban J connectivity index is 2.21. The van der Waals surface area contributed by atoms with E-state index in [1.165, 1.54) is 5.56 Å². The van der Waals surface area contributed by atoms with Crippen LogP contribution in [-0.2, 0) is 0 Å². The maximum Gasteiger partial charge on any atom is 0.0472 e. The molecule has 0 bridgehead atoms. The van der Waals surface area contributed by atoms with Crippen molar-refractivity contribution in [3.63, 3.8) is 0 Å². The molecule has 0 aromatic heterocycles. The fourth-order valence-corrected chi connectivity index (χ4v) is 2.61. The molecule has 3 heteroatoms. The third-order valence-electron chi connectivity index (χ3n) is 3.16. The standard InChI is InChI=1S/C12H16ClNO/c1-14-7-9(8-15)6-12(14)10-4-2-3-5-11(10)13/h2-5,9,12,15H,6-8H2,1H3. The van der Waals surface area contributed by atoms with Gasteiger partial charge in [0.1, 0.15) is 0 Å². The molecule has 0 saturated carbocycles. The molecule has 1 aliphatic heterocycles. The Bertz CT molecular complexity index is 342. The molecule has 1 saturated heterocycles. The average molecular weight is 226 g/mol. The summed E-state index contributed by atoms with van der Waals surface area (Å²) in [5.41, 5.74) is 1.18. The third-order valence-corrected chi connectivity index (χ3v) is 3.50. The van der Waals surface area contributed by atoms with E-state index in [4.69, 9.17) is 16.7 Å². The number of halogens is 1. The maximum absolute atomic E-state index is 9.16. The maximum atomic E-state index is 9.16. The Morgan fingerprint density at radius 3 is 2.80 bits per heavy atom. The van der Waals surface area contributed by atoms with Crippen LogP contribution in [0, 0.1) is 5.92 Å². The summed E-state index contributed by atoms with van der Waals surface area (Å²) in [6.07, 6.45) is 0.997. The quantitative estimate of drug-likeness (QED) is 0.835. The van der Waals surface area contributed by atoms with Gasteiger partial charge >= 0.3 is 0 Å². The molecule has 1 fully saturated rings. The van der Waals surface area contributed by atoms with Gasteiger partial charge < -0.3 is 5.11 Å². The van der Waals surface area contributed by atoms with Crippen molar-refractivity contribution in [2.75, 3.05) is 20.2 Å². The van der Waals surface area contributed by atoms with Gasteiger partial charge in [-0.05, 0) is 31.0 Å². The van der Waals surface area contributed by atoms with Gasteiger partial charge in [-0.15, -0.1) is 0 Å². The van der Waals surface area contributed by atoms with E-state index in [9.17, 15) is 0 Å². The van der Waals surface area contributed by atoms with Gasteiger partial charge in [0.05, 0.1) is 0 Å². The van der Waals surface area contributed by atoms with E-state index in [0.29, 0.717) is 12.0 Å². The van der Waals surface area contributed by atoms with Crippen LogP contribution < -0.4 is 0 Å². The van der Waals surface area contributed by atoms with Crippen molar-refractivity contribution in [1.29, 1.82) is 0 Å². The molecule has 82 valence electrons. The third kappa shape index (κ3) is 2.17. The first-order valence-corrected chi connectivity index (χ1v) is 5.65. The van der Waals surface area contributed by atoms with Gasteiger partial charge in [0, 0.05) is 24.2 Å². The van der Waals surface area contributed by atoms with E-state index in [1.807, 2.05) is 18.2 Å². The topological polar surface area (TPSA) is 23.5 Å². The van der Waals surface area contributed by atoms with Crippen molar-refractivity contribution >= 4 is 11.6 Å². The zero-order chi connectivity index (χ0) is 10.8. The highest BCUT2D eigenvalue weighted by Gasteiger charge is 2.30. The molecule has 15 heavy (non-hydrogen) atoms. The highest BCUT2D eigenvalue weighted by molar-refractivity contribution is 6.31. The number of benzene rings is 1. The van der Waals surface area contributed by atoms with Crippen LogP contribution in [0.2, 0.25) is 5.02 Å². The minimum atomic E-state index is 0.269. The first kappa shape index (κ1) is 10.9. The predicted octanol–water partition coefficient (Wildman–Crippen LogP) is 2.33. The number of aliphatic hydroxyl groups is 1. The number of hydrogen-bond donors (Lipinski definition) is 1. The van der Waals surface area contributed by atoms with Gasteiger partial charge in [-0.2, -0.15) is 0 Å². The van der Waals surface area contributed by atoms with Crippen molar-refractivity contribution in [2.45, 2.75) is 12.5 Å². The van der Waals surface area contributed by atoms with Gasteiger partial charge in [0.15, 0.2) is 0 Å². The lowest BCUT2D eigenvalue weighted by Crippen LogP contribution is -2.19. The number of nitrogens with zero attached hydrogens (tertiary/aromatic N) is 1. The summed E-state index contributed by atoms with van der Waals surface area (Å²) >= 11 is 6.17. The Morgan fingerprint density at radius 2 is 2.20 bits per heavy atom. The zero-order valence-corrected chi connectivity index (χ0v) is 9.61. The summed E-state index contributed by atoms with van der Waals surface area (Å²) < 4.78 is 0. The van der Waals surface area contributed by atoms with Gasteiger partial charge in [-0.3, -0.25) is 4.90 Å². The number of likely N-dealkylation sites (tertiary alicyclic amines) is 1. The molecule has 2 unspecified atom stereocenters. The summed E-state index contributed by atoms with van der Waals surface area (Å²) in [5, 5.41) is 9.98. The summed E-state index contributed by atoms with van der Waals surface area (Å²) in [7, 11) is 2.09. The SMILES string of the molecule is CN1CC(CO)CC1c1ccccc1Cl. The van der Waals surface area contributed by atoms with Crippen LogP contribution in [0.15, 0.2) is 24.3 Å². The Kier molecular flexibility index (Phi) is 3.29. The molecule has 1 aromatic carbocycles. The summed E-state index contributed by atoms with van der Waals surface area (Å²) in [6, 6.07) is 8.32. The molecule has 2 rings (SSSR count). The summed E-state index contributed by atoms with van der Waals surface area (Å²) in [6.45, 7) is 1.22. The second-order valence-corrected chi connectivity index (χ2v) is 4.67. The van der Waals surface area contributed by atoms with Crippen LogP contribution in [0.3, 0.4) is 0 Å². The van der Waals surface area contributed by atoms with E-state index in [2.05, 4.69) is 18.0 Å². The molecule has 0 spiro atoms. The molecule has 2 atom stereocenters. The van der Waals surface area contributed by atoms with Crippen molar-refractivity contribution < 1.29 is 5.11 Å². The second-order valence-electron chi connectivity index (χ2n) is 4.26. The van der Waals surface area contributed by atoms with Crippen LogP contribution in [0.1, 0.15) is 18.0 Å². The van der Waals surface area contributed by atoms with E-state index in [-0.39, 0.29) is 6.61 Å². The minimum absolute atomic E-state index is 0.269. The second kappa shape index (κ2) is 4.52. The number of hydrogen-bond acceptors (Lipinski definition) is 2. The van der Waals surface area contributed by atoms with Crippen molar-refractivity contribution in [2.24, 2.45) is 5.92 Å². The lowest BCUT2D eigenvalue weighted by molar-refractivity contribution is 0.227. The smallest absolute Gasteiger partial charge is 0.0472 e. The van der Waals surface area contributed by atoms with E-state index < -0.39 is 0 Å². The minimum Gasteiger partial charge on any atom is -0.396 e. The molecule has 1 heterocycles. The molecule has 0 aliphatic carbocycles. The molecule has 1 N–H and O–H groups in total. The van der Waals surface area contributed by atoms with Gasteiger partial charge in [0.2, 0.25) is 0 Å². The normalized spacial score (nSPS) is 27.1. The summed E-state index contributed by atoms with van der Waals surface area (Å²) in [5.74, 6) is 0.385. The van der Waals surface area contributed by atoms with E-state index >= 15 is 0 Å². The Morgan fingerprint density at radius 1 is 1.47 bits per heavy atom. The van der Waals surface area contributed by atoms with Crippen LogP contribution in [0.5, 0.6) is 0 Å². The highest BCUT2D eigenvalue weighted by Crippen LogP contribution is 2.36. The molecule has 0 amide bonds. The van der Waals surface area contributed by atoms with Crippen LogP contribution >= 0.6 is 11.6 Å². The van der Waals surface area contributed by atoms with Crippen LogP contribution in [-0.4, -0.2) is 30.2 Å². The fraction of sp³-hybridized carbons (Fsp3) is 0.500. The summed E-state index contributed by atoms with van der Waals surface area (Å²) in [4.78, 5) is 2.27. The van der Waals surface area contributed by atoms with Crippen LogP contribution in [0.4, 0.5) is 0 Å². The molecule has 1 aliphatic rings. The number of rotatable bonds is 2. The molecule has 0 radical (unpaired) electrons. The zero-order valence-electron chi connectivity index (χ0n) is 8.86. The van der Waals surface area contributed by atoms with Crippen LogP contribution in [0.25, 0.3) is 0 Å². The molecular formula is C12H16ClNO. The molecule has 2 nitrogen and oxygen atoms in total. The highest BCUT2D eigenvalue weighted by atomic mass is 35.5. The van der Waals surface area contributed by atoms with Crippen molar-refractivity contribution in [3.05, 3.63) is 34.9 Å². The predicted molar refractivity (Wildman–Crippen MR) is 62.0 cm³/mol. The number of aliphatic hydroxyl groups excluding tert-OH is 1. The van der Waals surface area contributed by atoms with E-state index in [0.717, 1.165) is 18.0 Å². The van der Waals surface area contributed by atoms with E-state index in [1.54, 1.807) is 0 Å². The first-order valence-electron chi connectivity index (χ1n) is 5.28. The average Bonchev–Trinajstić information content (AvgIpc) is 2.60. The first-order chi connectivity index (χ1) is 7.22. The monoisotopic (exact) mass is 225 g/mol. The Labute approximate surface area is 95.5 Å².